The standard InChI is InChI=1S/C17H24F3N3O3/c1-4-12(2)22-15(24)9-10-21-16(25)23(3)11-13-5-7-14(8-6-13)26-17(18,19)20/h5-8,12H,4,9-11H2,1-3H3,(H,21,25)(H,22,24). The van der Waals surface area contributed by atoms with Crippen LogP contribution in [-0.4, -0.2) is 42.8 Å². The van der Waals surface area contributed by atoms with Crippen molar-refractivity contribution in [2.75, 3.05) is 13.6 Å². The van der Waals surface area contributed by atoms with Crippen LogP contribution in [0.3, 0.4) is 0 Å². The molecule has 0 aliphatic rings. The summed E-state index contributed by atoms with van der Waals surface area (Å²) in [7, 11) is 1.55. The zero-order valence-corrected chi connectivity index (χ0v) is 15.0. The fourth-order valence-corrected chi connectivity index (χ4v) is 2.01. The van der Waals surface area contributed by atoms with Gasteiger partial charge in [-0.1, -0.05) is 19.1 Å². The highest BCUT2D eigenvalue weighted by Gasteiger charge is 2.30. The van der Waals surface area contributed by atoms with Gasteiger partial charge in [0.1, 0.15) is 5.75 Å². The molecule has 0 saturated heterocycles. The number of nitrogens with one attached hydrogen (secondary N) is 2. The average Bonchev–Trinajstić information content (AvgIpc) is 2.54. The number of halogens is 3. The summed E-state index contributed by atoms with van der Waals surface area (Å²) < 4.78 is 40.1. The quantitative estimate of drug-likeness (QED) is 0.734. The van der Waals surface area contributed by atoms with Crippen LogP contribution >= 0.6 is 0 Å². The van der Waals surface area contributed by atoms with Crippen molar-refractivity contribution in [2.24, 2.45) is 0 Å². The normalized spacial score (nSPS) is 12.2. The second kappa shape index (κ2) is 9.88. The lowest BCUT2D eigenvalue weighted by Gasteiger charge is -2.18. The Morgan fingerprint density at radius 1 is 1.23 bits per heavy atom. The van der Waals surface area contributed by atoms with Crippen LogP contribution in [0.1, 0.15) is 32.3 Å². The minimum Gasteiger partial charge on any atom is -0.406 e. The highest BCUT2D eigenvalue weighted by atomic mass is 19.4. The highest BCUT2D eigenvalue weighted by molar-refractivity contribution is 5.78. The highest BCUT2D eigenvalue weighted by Crippen LogP contribution is 2.22. The fourth-order valence-electron chi connectivity index (χ4n) is 2.01. The second-order valence-electron chi connectivity index (χ2n) is 5.91. The van der Waals surface area contributed by atoms with Crippen LogP contribution in [0, 0.1) is 0 Å². The summed E-state index contributed by atoms with van der Waals surface area (Å²) in [5.74, 6) is -0.455. The molecule has 0 aromatic heterocycles. The van der Waals surface area contributed by atoms with Gasteiger partial charge in [0.2, 0.25) is 5.91 Å². The number of hydrogen-bond acceptors (Lipinski definition) is 3. The zero-order chi connectivity index (χ0) is 19.7. The molecule has 26 heavy (non-hydrogen) atoms. The molecule has 146 valence electrons. The van der Waals surface area contributed by atoms with Crippen LogP contribution in [0.5, 0.6) is 5.75 Å². The molecule has 9 heteroatoms. The molecule has 0 aliphatic carbocycles. The van der Waals surface area contributed by atoms with Gasteiger partial charge in [-0.05, 0) is 31.0 Å². The van der Waals surface area contributed by atoms with Gasteiger partial charge in [-0.3, -0.25) is 4.79 Å². The van der Waals surface area contributed by atoms with Gasteiger partial charge in [0.05, 0.1) is 0 Å². The third kappa shape index (κ3) is 8.59. The molecule has 2 N–H and O–H groups in total. The molecular weight excluding hydrogens is 351 g/mol. The van der Waals surface area contributed by atoms with E-state index < -0.39 is 6.36 Å². The van der Waals surface area contributed by atoms with E-state index in [0.717, 1.165) is 6.42 Å². The summed E-state index contributed by atoms with van der Waals surface area (Å²) in [5, 5.41) is 5.42. The van der Waals surface area contributed by atoms with E-state index in [1.165, 1.54) is 29.2 Å². The van der Waals surface area contributed by atoms with Crippen molar-refractivity contribution in [3.05, 3.63) is 29.8 Å². The first-order chi connectivity index (χ1) is 12.1. The molecule has 1 rings (SSSR count). The van der Waals surface area contributed by atoms with E-state index in [2.05, 4.69) is 15.4 Å². The lowest BCUT2D eigenvalue weighted by atomic mass is 10.2. The van der Waals surface area contributed by atoms with Crippen LogP contribution in [0.4, 0.5) is 18.0 Å². The maximum atomic E-state index is 12.1. The lowest BCUT2D eigenvalue weighted by molar-refractivity contribution is -0.274. The summed E-state index contributed by atoms with van der Waals surface area (Å²) in [4.78, 5) is 25.0. The summed E-state index contributed by atoms with van der Waals surface area (Å²) in [6.45, 7) is 4.26. The van der Waals surface area contributed by atoms with Gasteiger partial charge in [0, 0.05) is 32.6 Å². The van der Waals surface area contributed by atoms with Crippen molar-refractivity contribution < 1.29 is 27.5 Å². The van der Waals surface area contributed by atoms with E-state index in [4.69, 9.17) is 0 Å². The van der Waals surface area contributed by atoms with Gasteiger partial charge in [-0.25, -0.2) is 4.79 Å². The van der Waals surface area contributed by atoms with E-state index in [1.807, 2.05) is 13.8 Å². The van der Waals surface area contributed by atoms with Gasteiger partial charge in [-0.15, -0.1) is 13.2 Å². The van der Waals surface area contributed by atoms with E-state index in [-0.39, 0.29) is 43.2 Å². The molecule has 0 fully saturated rings. The maximum Gasteiger partial charge on any atom is 0.573 e. The first-order valence-corrected chi connectivity index (χ1v) is 8.23. The average molecular weight is 375 g/mol. The first kappa shape index (κ1) is 21.6. The molecule has 6 nitrogen and oxygen atoms in total. The smallest absolute Gasteiger partial charge is 0.406 e. The van der Waals surface area contributed by atoms with E-state index in [0.29, 0.717) is 5.56 Å². The van der Waals surface area contributed by atoms with Crippen molar-refractivity contribution in [3.8, 4) is 5.75 Å². The van der Waals surface area contributed by atoms with Crippen molar-refractivity contribution in [2.45, 2.75) is 45.6 Å². The van der Waals surface area contributed by atoms with Crippen molar-refractivity contribution in [1.29, 1.82) is 0 Å². The Hall–Kier alpha value is -2.45. The lowest BCUT2D eigenvalue weighted by Crippen LogP contribution is -2.39. The second-order valence-corrected chi connectivity index (χ2v) is 5.91. The summed E-state index contributed by atoms with van der Waals surface area (Å²) >= 11 is 0. The zero-order valence-electron chi connectivity index (χ0n) is 15.0. The number of carbonyl (C=O) groups is 2. The monoisotopic (exact) mass is 375 g/mol. The van der Waals surface area contributed by atoms with Crippen LogP contribution in [-0.2, 0) is 11.3 Å². The van der Waals surface area contributed by atoms with Crippen LogP contribution < -0.4 is 15.4 Å². The molecule has 1 aromatic carbocycles. The summed E-state index contributed by atoms with van der Waals surface area (Å²) in [6.07, 6.45) is -3.74. The topological polar surface area (TPSA) is 70.7 Å². The number of nitrogens with zero attached hydrogens (tertiary/aromatic N) is 1. The van der Waals surface area contributed by atoms with Crippen molar-refractivity contribution >= 4 is 11.9 Å². The Bertz CT molecular complexity index is 591. The molecule has 1 atom stereocenters. The van der Waals surface area contributed by atoms with E-state index in [1.54, 1.807) is 7.05 Å². The third-order valence-electron chi connectivity index (χ3n) is 3.57. The van der Waals surface area contributed by atoms with Crippen LogP contribution in [0.25, 0.3) is 0 Å². The number of carbonyl (C=O) groups excluding carboxylic acids is 2. The fraction of sp³-hybridized carbons (Fsp3) is 0.529. The van der Waals surface area contributed by atoms with Crippen LogP contribution in [0.2, 0.25) is 0 Å². The van der Waals surface area contributed by atoms with Gasteiger partial charge in [0.15, 0.2) is 0 Å². The number of rotatable bonds is 8. The number of urea groups is 1. The van der Waals surface area contributed by atoms with Gasteiger partial charge in [0.25, 0.3) is 0 Å². The molecule has 0 saturated carbocycles. The molecule has 0 bridgehead atoms. The Morgan fingerprint density at radius 3 is 2.38 bits per heavy atom. The Kier molecular flexibility index (Phi) is 8.21. The molecule has 1 unspecified atom stereocenters. The molecule has 0 aliphatic heterocycles. The molecule has 0 radical (unpaired) electrons. The molecule has 3 amide bonds. The number of amides is 3. The van der Waals surface area contributed by atoms with Crippen molar-refractivity contribution in [1.82, 2.24) is 15.5 Å². The predicted molar refractivity (Wildman–Crippen MR) is 90.5 cm³/mol. The number of hydrogen-bond donors (Lipinski definition) is 2. The van der Waals surface area contributed by atoms with Crippen molar-refractivity contribution in [3.63, 3.8) is 0 Å². The molecule has 0 heterocycles. The first-order valence-electron chi connectivity index (χ1n) is 8.23. The minimum atomic E-state index is -4.74. The number of benzene rings is 1. The third-order valence-corrected chi connectivity index (χ3v) is 3.57. The van der Waals surface area contributed by atoms with Gasteiger partial charge >= 0.3 is 12.4 Å². The summed E-state index contributed by atoms with van der Waals surface area (Å²) in [5.41, 5.74) is 0.645. The maximum absolute atomic E-state index is 12.1. The largest absolute Gasteiger partial charge is 0.573 e. The number of alkyl halides is 3. The SMILES string of the molecule is CCC(C)NC(=O)CCNC(=O)N(C)Cc1ccc(OC(F)(F)F)cc1. The minimum absolute atomic E-state index is 0.0881. The molecular formula is C17H24F3N3O3. The van der Waals surface area contributed by atoms with Gasteiger partial charge in [-0.2, -0.15) is 0 Å². The predicted octanol–water partition coefficient (Wildman–Crippen LogP) is 3.03. The Balaban J connectivity index is 2.39. The summed E-state index contributed by atoms with van der Waals surface area (Å²) in [6, 6.07) is 4.98. The van der Waals surface area contributed by atoms with E-state index >= 15 is 0 Å². The Labute approximate surface area is 150 Å². The van der Waals surface area contributed by atoms with Crippen LogP contribution in [0.15, 0.2) is 24.3 Å². The van der Waals surface area contributed by atoms with Gasteiger partial charge < -0.3 is 20.3 Å². The number of ether oxygens (including phenoxy) is 1. The van der Waals surface area contributed by atoms with E-state index in [9.17, 15) is 22.8 Å². The Morgan fingerprint density at radius 2 is 1.85 bits per heavy atom. The molecule has 1 aromatic rings. The molecule has 0 spiro atoms.